The van der Waals surface area contributed by atoms with Gasteiger partial charge in [-0.15, -0.1) is 0 Å². The average Bonchev–Trinajstić information content (AvgIpc) is 3.80. The fourth-order valence-electron chi connectivity index (χ4n) is 8.32. The molecule has 0 radical (unpaired) electrons. The normalized spacial score (nSPS) is 18.8. The predicted octanol–water partition coefficient (Wildman–Crippen LogP) is 8.03. The van der Waals surface area contributed by atoms with Gasteiger partial charge in [-0.25, -0.2) is 9.97 Å². The minimum absolute atomic E-state index is 0.241. The van der Waals surface area contributed by atoms with Crippen molar-refractivity contribution in [2.24, 2.45) is 5.92 Å². The predicted molar refractivity (Wildman–Crippen MR) is 213 cm³/mol. The summed E-state index contributed by atoms with van der Waals surface area (Å²) in [5.41, 5.74) is 10.4. The fourth-order valence-corrected chi connectivity index (χ4v) is 8.32. The Hall–Kier alpha value is -5.67. The van der Waals surface area contributed by atoms with Crippen LogP contribution >= 0.6 is 0 Å². The Morgan fingerprint density at radius 2 is 1.75 bits per heavy atom. The highest BCUT2D eigenvalue weighted by Crippen LogP contribution is 2.38. The number of aliphatic carboxylic acids is 1. The van der Waals surface area contributed by atoms with Crippen LogP contribution in [0.5, 0.6) is 0 Å². The molecule has 4 heterocycles. The molecule has 0 bridgehead atoms. The van der Waals surface area contributed by atoms with Crippen LogP contribution in [0.25, 0.3) is 44.6 Å². The summed E-state index contributed by atoms with van der Waals surface area (Å²) in [5, 5.41) is 37.3. The highest BCUT2D eigenvalue weighted by Gasteiger charge is 2.24. The van der Waals surface area contributed by atoms with Crippen LogP contribution in [-0.4, -0.2) is 61.3 Å². The number of rotatable bonds is 11. The number of carbonyl (C=O) groups is 1. The quantitative estimate of drug-likeness (QED) is 0.102. The molecular formula is C44H45N7O4. The van der Waals surface area contributed by atoms with E-state index in [2.05, 4.69) is 58.6 Å². The third-order valence-corrected chi connectivity index (χ3v) is 11.3. The Balaban J connectivity index is 1.02. The first kappa shape index (κ1) is 36.3. The summed E-state index contributed by atoms with van der Waals surface area (Å²) in [6.45, 7) is 7.10. The fraction of sp³-hybridized carbons (Fsp3) is 0.341. The molecule has 2 fully saturated rings. The van der Waals surface area contributed by atoms with Gasteiger partial charge in [-0.1, -0.05) is 24.3 Å². The summed E-state index contributed by atoms with van der Waals surface area (Å²) in [7, 11) is 0. The molecule has 0 amide bonds. The third-order valence-electron chi connectivity index (χ3n) is 11.3. The number of likely N-dealkylation sites (tertiary alicyclic amines) is 1. The number of nitrogens with one attached hydrogen (secondary N) is 2. The number of carboxylic acid groups (broad SMARTS) is 1. The second kappa shape index (κ2) is 15.6. The lowest BCUT2D eigenvalue weighted by molar-refractivity contribution is -0.138. The minimum Gasteiger partial charge on any atom is -0.481 e. The molecule has 1 aliphatic carbocycles. The van der Waals surface area contributed by atoms with E-state index in [9.17, 15) is 15.2 Å². The Morgan fingerprint density at radius 3 is 2.51 bits per heavy atom. The van der Waals surface area contributed by atoms with Gasteiger partial charge in [0.1, 0.15) is 17.1 Å². The zero-order valence-electron chi connectivity index (χ0n) is 31.2. The Kier molecular flexibility index (Phi) is 10.3. The molecular weight excluding hydrogens is 691 g/mol. The molecule has 1 unspecified atom stereocenters. The highest BCUT2D eigenvalue weighted by molar-refractivity contribution is 5.91. The summed E-state index contributed by atoms with van der Waals surface area (Å²) in [4.78, 5) is 27.7. The number of aliphatic hydroxyl groups excluding tert-OH is 1. The van der Waals surface area contributed by atoms with E-state index in [1.54, 1.807) is 6.20 Å². The maximum atomic E-state index is 11.1. The summed E-state index contributed by atoms with van der Waals surface area (Å²) >= 11 is 0. The number of hydrogen-bond acceptors (Lipinski definition) is 10. The molecule has 1 saturated heterocycles. The van der Waals surface area contributed by atoms with Crippen molar-refractivity contribution in [1.82, 2.24) is 25.2 Å². The van der Waals surface area contributed by atoms with E-state index >= 15 is 0 Å². The average molecular weight is 736 g/mol. The Morgan fingerprint density at radius 1 is 0.964 bits per heavy atom. The standard InChI is InChI=1S/C44H45N7O4/c1-26-35(36-6-4-8-38(27(36)2)49-43-41-31(13-15-46-43)18-30(23-48-41)24-51-16-14-34(52)25-51)5-3-7-37(26)44-50-39-19-29(17-32(21-45)42(39)55-44)22-47-33-11-9-28(10-12-33)20-40(53)54/h3-8,13,15,17-19,23,28,33-34,47,52H,9-12,14,16,20,22,24-25H2,1-2H3,(H,46,49)(H,53,54). The van der Waals surface area contributed by atoms with Gasteiger partial charge in [0, 0.05) is 67.7 Å². The first-order chi connectivity index (χ1) is 26.7. The summed E-state index contributed by atoms with van der Waals surface area (Å²) in [6.07, 6.45) is 8.20. The van der Waals surface area contributed by atoms with Crippen LogP contribution in [0.3, 0.4) is 0 Å². The number of β-amino-alcohol motifs (C(OH)–C–C–N with tert-alkyl or cyclic N) is 1. The van der Waals surface area contributed by atoms with Gasteiger partial charge in [-0.05, 0) is 122 Å². The van der Waals surface area contributed by atoms with E-state index < -0.39 is 5.97 Å². The lowest BCUT2D eigenvalue weighted by Crippen LogP contribution is -2.33. The number of fused-ring (bicyclic) bond motifs is 2. The number of anilines is 2. The van der Waals surface area contributed by atoms with Gasteiger partial charge in [0.2, 0.25) is 5.89 Å². The van der Waals surface area contributed by atoms with Crippen LogP contribution in [-0.2, 0) is 17.9 Å². The lowest BCUT2D eigenvalue weighted by atomic mass is 9.84. The second-order valence-corrected chi connectivity index (χ2v) is 15.2. The van der Waals surface area contributed by atoms with Gasteiger partial charge in [0.25, 0.3) is 0 Å². The smallest absolute Gasteiger partial charge is 0.303 e. The molecule has 11 nitrogen and oxygen atoms in total. The SMILES string of the molecule is Cc1c(Nc2nccc3cc(CN4CCC(O)C4)cnc23)cccc1-c1cccc(-c2nc3cc(CNC4CCC(CC(=O)O)CC4)cc(C#N)c3o2)c1C. The van der Waals surface area contributed by atoms with Crippen molar-refractivity contribution >= 4 is 39.5 Å². The van der Waals surface area contributed by atoms with E-state index in [0.29, 0.717) is 47.5 Å². The zero-order chi connectivity index (χ0) is 38.1. The number of nitriles is 1. The molecule has 3 aromatic carbocycles. The topological polar surface area (TPSA) is 160 Å². The number of oxazole rings is 1. The number of benzene rings is 3. The van der Waals surface area contributed by atoms with Crippen molar-refractivity contribution in [2.75, 3.05) is 18.4 Å². The van der Waals surface area contributed by atoms with Crippen molar-refractivity contribution in [2.45, 2.75) is 77.6 Å². The van der Waals surface area contributed by atoms with Crippen molar-refractivity contribution in [3.05, 3.63) is 101 Å². The van der Waals surface area contributed by atoms with Crippen molar-refractivity contribution < 1.29 is 19.4 Å². The number of aliphatic hydroxyl groups is 1. The molecule has 2 aliphatic rings. The van der Waals surface area contributed by atoms with Crippen LogP contribution in [0.15, 0.2) is 77.5 Å². The summed E-state index contributed by atoms with van der Waals surface area (Å²) in [6, 6.07) is 22.9. The lowest BCUT2D eigenvalue weighted by Gasteiger charge is -2.28. The van der Waals surface area contributed by atoms with E-state index in [4.69, 9.17) is 19.5 Å². The van der Waals surface area contributed by atoms with Gasteiger partial charge in [0.15, 0.2) is 11.4 Å². The first-order valence-corrected chi connectivity index (χ1v) is 19.1. The largest absolute Gasteiger partial charge is 0.481 e. The van der Waals surface area contributed by atoms with E-state index in [1.807, 2.05) is 48.7 Å². The van der Waals surface area contributed by atoms with Crippen LogP contribution in [0.4, 0.5) is 11.5 Å². The van der Waals surface area contributed by atoms with Crippen molar-refractivity contribution in [3.63, 3.8) is 0 Å². The number of aromatic nitrogens is 3. The molecule has 1 aliphatic heterocycles. The molecule has 1 saturated carbocycles. The maximum Gasteiger partial charge on any atom is 0.303 e. The molecule has 55 heavy (non-hydrogen) atoms. The van der Waals surface area contributed by atoms with Crippen molar-refractivity contribution in [3.8, 4) is 28.7 Å². The van der Waals surface area contributed by atoms with Gasteiger partial charge in [-0.2, -0.15) is 5.26 Å². The minimum atomic E-state index is -0.723. The zero-order valence-corrected chi connectivity index (χ0v) is 31.2. The molecule has 280 valence electrons. The molecule has 8 rings (SSSR count). The third kappa shape index (κ3) is 7.80. The number of pyridine rings is 2. The molecule has 0 spiro atoms. The van der Waals surface area contributed by atoms with E-state index in [1.165, 1.54) is 0 Å². The number of nitrogens with zero attached hydrogens (tertiary/aromatic N) is 5. The summed E-state index contributed by atoms with van der Waals surface area (Å²) in [5.74, 6) is 0.674. The van der Waals surface area contributed by atoms with E-state index in [0.717, 1.165) is 101 Å². The van der Waals surface area contributed by atoms with Gasteiger partial charge in [-0.3, -0.25) is 14.7 Å². The second-order valence-electron chi connectivity index (χ2n) is 15.2. The molecule has 6 aromatic rings. The van der Waals surface area contributed by atoms with Crippen LogP contribution in [0, 0.1) is 31.1 Å². The van der Waals surface area contributed by atoms with Crippen molar-refractivity contribution in [1.29, 1.82) is 5.26 Å². The van der Waals surface area contributed by atoms with E-state index in [-0.39, 0.29) is 18.4 Å². The molecule has 3 aromatic heterocycles. The Labute approximate surface area is 320 Å². The number of hydrogen-bond donors (Lipinski definition) is 4. The molecule has 1 atom stereocenters. The maximum absolute atomic E-state index is 11.1. The Bertz CT molecular complexity index is 2430. The first-order valence-electron chi connectivity index (χ1n) is 19.1. The van der Waals surface area contributed by atoms with Crippen LogP contribution < -0.4 is 10.6 Å². The molecule has 11 heteroatoms. The van der Waals surface area contributed by atoms with Crippen LogP contribution in [0.2, 0.25) is 0 Å². The monoisotopic (exact) mass is 735 g/mol. The van der Waals surface area contributed by atoms with Gasteiger partial charge < -0.3 is 25.3 Å². The highest BCUT2D eigenvalue weighted by atomic mass is 16.4. The number of carboxylic acids is 1. The van der Waals surface area contributed by atoms with Crippen LogP contribution in [0.1, 0.15) is 66.3 Å². The molecule has 4 N–H and O–H groups in total. The summed E-state index contributed by atoms with van der Waals surface area (Å²) < 4.78 is 6.32. The van der Waals surface area contributed by atoms with Gasteiger partial charge in [0.05, 0.1) is 11.7 Å². The van der Waals surface area contributed by atoms with Gasteiger partial charge >= 0.3 is 5.97 Å².